The minimum Gasteiger partial charge on any atom is -0.300 e. The number of nitrogens with zero attached hydrogens (tertiary/aromatic N) is 1. The smallest absolute Gasteiger partial charge is 0.103 e. The summed E-state index contributed by atoms with van der Waals surface area (Å²) >= 11 is 3.71. The number of hydrogen-bond acceptors (Lipinski definition) is 4. The minimum absolute atomic E-state index is 0.345. The van der Waals surface area contributed by atoms with E-state index in [1.165, 1.54) is 10.6 Å². The van der Waals surface area contributed by atoms with Crippen LogP contribution in [0.15, 0.2) is 21.7 Å². The Morgan fingerprint density at radius 2 is 2.35 bits per heavy atom. The molecule has 0 aromatic carbocycles. The van der Waals surface area contributed by atoms with Crippen molar-refractivity contribution in [1.82, 2.24) is 5.32 Å². The maximum Gasteiger partial charge on any atom is 0.103 e. The molecule has 1 N–H and O–H groups in total. The number of hydrogen-bond donors (Lipinski definition) is 1. The van der Waals surface area contributed by atoms with E-state index in [2.05, 4.69) is 28.9 Å². The molecule has 1 rings (SSSR count). The summed E-state index contributed by atoms with van der Waals surface area (Å²) in [5.74, 6) is 1.15. The van der Waals surface area contributed by atoms with Crippen molar-refractivity contribution >= 4 is 23.1 Å². The highest BCUT2D eigenvalue weighted by Gasteiger charge is 2.20. The van der Waals surface area contributed by atoms with Gasteiger partial charge >= 0.3 is 0 Å². The van der Waals surface area contributed by atoms with E-state index in [9.17, 15) is 0 Å². The molecule has 0 aliphatic heterocycles. The van der Waals surface area contributed by atoms with Gasteiger partial charge in [-0.25, -0.2) is 0 Å². The first-order chi connectivity index (χ1) is 8.20. The van der Waals surface area contributed by atoms with Crippen LogP contribution in [0.25, 0.3) is 0 Å². The molecule has 1 aromatic heterocycles. The molecule has 0 bridgehead atoms. The maximum atomic E-state index is 9.11. The van der Waals surface area contributed by atoms with Gasteiger partial charge in [0, 0.05) is 0 Å². The van der Waals surface area contributed by atoms with Crippen molar-refractivity contribution in [3.05, 3.63) is 17.5 Å². The highest BCUT2D eigenvalue weighted by Crippen LogP contribution is 2.25. The van der Waals surface area contributed by atoms with Crippen LogP contribution in [-0.4, -0.2) is 17.8 Å². The molecule has 1 heterocycles. The Morgan fingerprint density at radius 1 is 1.53 bits per heavy atom. The Morgan fingerprint density at radius 3 is 2.94 bits per heavy atom. The first-order valence-electron chi connectivity index (χ1n) is 6.03. The summed E-state index contributed by atoms with van der Waals surface area (Å²) in [6.07, 6.45) is 3.21. The van der Waals surface area contributed by atoms with E-state index in [0.29, 0.717) is 0 Å². The lowest BCUT2D eigenvalue weighted by Gasteiger charge is -2.22. The van der Waals surface area contributed by atoms with E-state index in [4.69, 9.17) is 5.26 Å². The van der Waals surface area contributed by atoms with Gasteiger partial charge in [-0.05, 0) is 49.9 Å². The van der Waals surface area contributed by atoms with Gasteiger partial charge in [0.1, 0.15) is 5.54 Å². The standard InChI is InChI=1S/C13H20N2S2/c1-3-15-13(2,11-14)8-4-5-9-16-12-7-6-10-17-12/h6-7,10,15H,3-5,8-9H2,1-2H3. The quantitative estimate of drug-likeness (QED) is 0.574. The molecule has 1 unspecified atom stereocenters. The normalized spacial score (nSPS) is 14.2. The third-order valence-electron chi connectivity index (χ3n) is 2.62. The maximum absolute atomic E-state index is 9.11. The monoisotopic (exact) mass is 268 g/mol. The molecule has 94 valence electrons. The van der Waals surface area contributed by atoms with Gasteiger partial charge in [-0.1, -0.05) is 13.0 Å². The molecule has 0 fully saturated rings. The van der Waals surface area contributed by atoms with E-state index >= 15 is 0 Å². The van der Waals surface area contributed by atoms with E-state index in [1.54, 1.807) is 11.3 Å². The van der Waals surface area contributed by atoms with Crippen LogP contribution in [0.2, 0.25) is 0 Å². The zero-order valence-corrected chi connectivity index (χ0v) is 12.2. The Hall–Kier alpha value is -0.500. The Labute approximate surface area is 112 Å². The van der Waals surface area contributed by atoms with Gasteiger partial charge in [-0.15, -0.1) is 23.1 Å². The van der Waals surface area contributed by atoms with Crippen molar-refractivity contribution in [1.29, 1.82) is 5.26 Å². The molecule has 0 amide bonds. The average Bonchev–Trinajstić information content (AvgIpc) is 2.82. The van der Waals surface area contributed by atoms with Gasteiger partial charge in [0.05, 0.1) is 10.3 Å². The molecule has 17 heavy (non-hydrogen) atoms. The average molecular weight is 268 g/mol. The molecule has 0 spiro atoms. The highest BCUT2D eigenvalue weighted by molar-refractivity contribution is 8.01. The summed E-state index contributed by atoms with van der Waals surface area (Å²) in [7, 11) is 0. The van der Waals surface area contributed by atoms with E-state index in [-0.39, 0.29) is 5.54 Å². The van der Waals surface area contributed by atoms with Crippen LogP contribution >= 0.6 is 23.1 Å². The summed E-state index contributed by atoms with van der Waals surface area (Å²) in [5, 5.41) is 14.5. The zero-order chi connectivity index (χ0) is 12.6. The predicted octanol–water partition coefficient (Wildman–Crippen LogP) is 3.90. The molecule has 0 saturated carbocycles. The zero-order valence-electron chi connectivity index (χ0n) is 10.5. The molecular weight excluding hydrogens is 248 g/mol. The van der Waals surface area contributed by atoms with Crippen LogP contribution in [0.1, 0.15) is 33.1 Å². The van der Waals surface area contributed by atoms with Crippen molar-refractivity contribution in [3.8, 4) is 6.07 Å². The van der Waals surface area contributed by atoms with E-state index in [0.717, 1.165) is 25.1 Å². The van der Waals surface area contributed by atoms with Crippen molar-refractivity contribution in [2.45, 2.75) is 42.9 Å². The summed E-state index contributed by atoms with van der Waals surface area (Å²) in [4.78, 5) is 0. The Kier molecular flexibility index (Phi) is 6.64. The van der Waals surface area contributed by atoms with Crippen molar-refractivity contribution < 1.29 is 0 Å². The first kappa shape index (κ1) is 14.6. The number of thioether (sulfide) groups is 1. The van der Waals surface area contributed by atoms with Gasteiger partial charge in [0.25, 0.3) is 0 Å². The first-order valence-corrected chi connectivity index (χ1v) is 7.89. The second kappa shape index (κ2) is 7.75. The second-order valence-electron chi connectivity index (χ2n) is 4.21. The lowest BCUT2D eigenvalue weighted by molar-refractivity contribution is 0.415. The molecule has 0 saturated heterocycles. The highest BCUT2D eigenvalue weighted by atomic mass is 32.2. The third-order valence-corrected chi connectivity index (χ3v) is 4.84. The molecule has 0 aliphatic rings. The summed E-state index contributed by atoms with van der Waals surface area (Å²) in [5.41, 5.74) is -0.345. The number of nitrogens with one attached hydrogen (secondary N) is 1. The van der Waals surface area contributed by atoms with Crippen molar-refractivity contribution in [3.63, 3.8) is 0 Å². The minimum atomic E-state index is -0.345. The molecule has 2 nitrogen and oxygen atoms in total. The summed E-state index contributed by atoms with van der Waals surface area (Å²) in [6, 6.07) is 6.62. The topological polar surface area (TPSA) is 35.8 Å². The van der Waals surface area contributed by atoms with Gasteiger partial charge in [0.15, 0.2) is 0 Å². The number of nitriles is 1. The van der Waals surface area contributed by atoms with Crippen LogP contribution < -0.4 is 5.32 Å². The molecule has 1 aromatic rings. The largest absolute Gasteiger partial charge is 0.300 e. The van der Waals surface area contributed by atoms with E-state index in [1.807, 2.05) is 25.6 Å². The van der Waals surface area contributed by atoms with Crippen LogP contribution in [0.4, 0.5) is 0 Å². The fourth-order valence-corrected chi connectivity index (χ4v) is 3.53. The van der Waals surface area contributed by atoms with Gasteiger partial charge in [-0.3, -0.25) is 5.32 Å². The Balaban J connectivity index is 2.13. The molecule has 0 aliphatic carbocycles. The van der Waals surface area contributed by atoms with Gasteiger partial charge in [-0.2, -0.15) is 5.26 Å². The third kappa shape index (κ3) is 5.58. The molecule has 4 heteroatoms. The number of thiophene rings is 1. The molecular formula is C13H20N2S2. The summed E-state index contributed by atoms with van der Waals surface area (Å²) < 4.78 is 1.39. The lowest BCUT2D eigenvalue weighted by Crippen LogP contribution is -2.40. The predicted molar refractivity (Wildman–Crippen MR) is 76.6 cm³/mol. The molecule has 0 radical (unpaired) electrons. The van der Waals surface area contributed by atoms with Crippen LogP contribution in [0.5, 0.6) is 0 Å². The Bertz CT molecular complexity index is 343. The second-order valence-corrected chi connectivity index (χ2v) is 6.55. The fraction of sp³-hybridized carbons (Fsp3) is 0.615. The van der Waals surface area contributed by atoms with Crippen molar-refractivity contribution in [2.24, 2.45) is 0 Å². The van der Waals surface area contributed by atoms with Crippen LogP contribution in [0.3, 0.4) is 0 Å². The van der Waals surface area contributed by atoms with Crippen LogP contribution in [0, 0.1) is 11.3 Å². The van der Waals surface area contributed by atoms with E-state index < -0.39 is 0 Å². The van der Waals surface area contributed by atoms with Gasteiger partial charge in [0.2, 0.25) is 0 Å². The number of unbranched alkanes of at least 4 members (excludes halogenated alkanes) is 1. The summed E-state index contributed by atoms with van der Waals surface area (Å²) in [6.45, 7) is 4.89. The SMILES string of the molecule is CCNC(C)(C#N)CCCCSc1cccs1. The van der Waals surface area contributed by atoms with Gasteiger partial charge < -0.3 is 0 Å². The van der Waals surface area contributed by atoms with Crippen LogP contribution in [-0.2, 0) is 0 Å². The number of rotatable bonds is 8. The lowest BCUT2D eigenvalue weighted by atomic mass is 9.97. The fourth-order valence-electron chi connectivity index (χ4n) is 1.67. The molecule has 1 atom stereocenters. The van der Waals surface area contributed by atoms with Crippen molar-refractivity contribution in [2.75, 3.05) is 12.3 Å².